The fourth-order valence-electron chi connectivity index (χ4n) is 4.77. The molecule has 1 aromatic heterocycles. The molecule has 0 bridgehead atoms. The average Bonchev–Trinajstić information content (AvgIpc) is 3.55. The molecule has 1 N–H and O–H groups in total. The highest BCUT2D eigenvalue weighted by molar-refractivity contribution is 9.10. The van der Waals surface area contributed by atoms with Gasteiger partial charge in [0, 0.05) is 35.5 Å². The van der Waals surface area contributed by atoms with Crippen LogP contribution in [0.2, 0.25) is 0 Å². The van der Waals surface area contributed by atoms with Crippen molar-refractivity contribution in [3.63, 3.8) is 0 Å². The van der Waals surface area contributed by atoms with Gasteiger partial charge >= 0.3 is 0 Å². The SMILES string of the molecule is Cc1ccccc1COc1ccc(C(O)=C2C(=O)C(=O)N(CCCn3ccnc3)C2c2cccc(Br)c2)cc1. The number of aliphatic hydroxyl groups is 1. The summed E-state index contributed by atoms with van der Waals surface area (Å²) in [5, 5.41) is 11.4. The summed E-state index contributed by atoms with van der Waals surface area (Å²) in [6.07, 6.45) is 5.90. The number of hydrogen-bond acceptors (Lipinski definition) is 5. The van der Waals surface area contributed by atoms with Crippen LogP contribution in [0, 0.1) is 6.92 Å². The maximum atomic E-state index is 13.3. The first-order chi connectivity index (χ1) is 18.9. The van der Waals surface area contributed by atoms with E-state index < -0.39 is 17.7 Å². The van der Waals surface area contributed by atoms with Gasteiger partial charge in [-0.3, -0.25) is 9.59 Å². The van der Waals surface area contributed by atoms with Gasteiger partial charge < -0.3 is 19.3 Å². The minimum atomic E-state index is -0.706. The lowest BCUT2D eigenvalue weighted by Crippen LogP contribution is -2.31. The number of nitrogens with zero attached hydrogens (tertiary/aromatic N) is 3. The topological polar surface area (TPSA) is 84.7 Å². The number of hydrogen-bond donors (Lipinski definition) is 1. The van der Waals surface area contributed by atoms with E-state index in [1.165, 1.54) is 0 Å². The number of halogens is 1. The van der Waals surface area contributed by atoms with Gasteiger partial charge in [0.05, 0.1) is 17.9 Å². The van der Waals surface area contributed by atoms with Crippen molar-refractivity contribution >= 4 is 33.4 Å². The lowest BCUT2D eigenvalue weighted by Gasteiger charge is -2.25. The molecule has 39 heavy (non-hydrogen) atoms. The molecule has 1 aliphatic heterocycles. The Labute approximate surface area is 235 Å². The Morgan fingerprint density at radius 2 is 1.82 bits per heavy atom. The molecule has 3 aromatic carbocycles. The van der Waals surface area contributed by atoms with Crippen molar-refractivity contribution in [3.05, 3.63) is 124 Å². The molecule has 0 radical (unpaired) electrons. The standard InChI is InChI=1S/C31H28BrN3O4/c1-21-6-2-3-7-24(21)19-39-26-12-10-22(11-13-26)29(36)27-28(23-8-4-9-25(32)18-23)35(31(38)30(27)37)16-5-15-34-17-14-33-20-34/h2-4,6-14,17-18,20,28,36H,5,15-16,19H2,1H3. The van der Waals surface area contributed by atoms with Crippen molar-refractivity contribution in [1.29, 1.82) is 0 Å². The average molecular weight is 586 g/mol. The van der Waals surface area contributed by atoms with E-state index in [0.717, 1.165) is 21.2 Å². The molecule has 0 saturated carbocycles. The summed E-state index contributed by atoms with van der Waals surface area (Å²) in [5.74, 6) is -0.885. The molecule has 1 aliphatic rings. The Balaban J connectivity index is 1.42. The summed E-state index contributed by atoms with van der Waals surface area (Å²) in [6.45, 7) is 3.46. The number of likely N-dealkylation sites (tertiary alicyclic amines) is 1. The minimum absolute atomic E-state index is 0.0781. The van der Waals surface area contributed by atoms with Crippen LogP contribution in [0.5, 0.6) is 5.75 Å². The van der Waals surface area contributed by atoms with Crippen LogP contribution >= 0.6 is 15.9 Å². The molecule has 5 rings (SSSR count). The van der Waals surface area contributed by atoms with Gasteiger partial charge in [0.1, 0.15) is 18.1 Å². The highest BCUT2D eigenvalue weighted by atomic mass is 79.9. The summed E-state index contributed by atoms with van der Waals surface area (Å²) in [6, 6.07) is 21.7. The van der Waals surface area contributed by atoms with E-state index in [1.807, 2.05) is 66.2 Å². The van der Waals surface area contributed by atoms with Crippen molar-refractivity contribution < 1.29 is 19.4 Å². The third kappa shape index (κ3) is 5.81. The number of amides is 1. The first kappa shape index (κ1) is 26.4. The van der Waals surface area contributed by atoms with Crippen LogP contribution in [0.1, 0.15) is 34.7 Å². The van der Waals surface area contributed by atoms with Gasteiger partial charge in [-0.05, 0) is 66.4 Å². The number of ether oxygens (including phenoxy) is 1. The number of ketones is 1. The molecule has 0 aliphatic carbocycles. The number of aromatic nitrogens is 2. The highest BCUT2D eigenvalue weighted by Gasteiger charge is 2.45. The van der Waals surface area contributed by atoms with E-state index in [4.69, 9.17) is 4.74 Å². The monoisotopic (exact) mass is 585 g/mol. The maximum absolute atomic E-state index is 13.3. The third-order valence-electron chi connectivity index (χ3n) is 6.86. The predicted octanol–water partition coefficient (Wildman–Crippen LogP) is 6.05. The third-order valence-corrected chi connectivity index (χ3v) is 7.36. The summed E-state index contributed by atoms with van der Waals surface area (Å²) < 4.78 is 8.67. The quantitative estimate of drug-likeness (QED) is 0.147. The normalized spacial score (nSPS) is 16.6. The summed E-state index contributed by atoms with van der Waals surface area (Å²) >= 11 is 3.49. The molecular formula is C31H28BrN3O4. The van der Waals surface area contributed by atoms with Gasteiger partial charge in [0.2, 0.25) is 0 Å². The molecule has 1 unspecified atom stereocenters. The van der Waals surface area contributed by atoms with E-state index >= 15 is 0 Å². The molecule has 0 spiro atoms. The van der Waals surface area contributed by atoms with E-state index in [2.05, 4.69) is 20.9 Å². The Morgan fingerprint density at radius 1 is 1.03 bits per heavy atom. The Bertz CT molecular complexity index is 1510. The van der Waals surface area contributed by atoms with Gasteiger partial charge in [-0.15, -0.1) is 0 Å². The molecule has 1 amide bonds. The molecule has 1 atom stereocenters. The van der Waals surface area contributed by atoms with Gasteiger partial charge in [-0.25, -0.2) is 4.98 Å². The number of carbonyl (C=O) groups excluding carboxylic acids is 2. The predicted molar refractivity (Wildman–Crippen MR) is 152 cm³/mol. The molecule has 1 saturated heterocycles. The second-order valence-electron chi connectivity index (χ2n) is 9.44. The molecule has 7 nitrogen and oxygen atoms in total. The first-order valence-corrected chi connectivity index (χ1v) is 13.5. The highest BCUT2D eigenvalue weighted by Crippen LogP contribution is 2.40. The minimum Gasteiger partial charge on any atom is -0.507 e. The second-order valence-corrected chi connectivity index (χ2v) is 10.4. The van der Waals surface area contributed by atoms with Gasteiger partial charge in [-0.1, -0.05) is 52.3 Å². The van der Waals surface area contributed by atoms with Crippen LogP contribution in [-0.4, -0.2) is 37.8 Å². The van der Waals surface area contributed by atoms with Crippen molar-refractivity contribution in [2.24, 2.45) is 0 Å². The van der Waals surface area contributed by atoms with Crippen LogP contribution in [0.3, 0.4) is 0 Å². The Morgan fingerprint density at radius 3 is 2.54 bits per heavy atom. The molecular weight excluding hydrogens is 558 g/mol. The van der Waals surface area contributed by atoms with Crippen LogP contribution in [0.15, 0.2) is 102 Å². The van der Waals surface area contributed by atoms with Crippen molar-refractivity contribution in [1.82, 2.24) is 14.5 Å². The van der Waals surface area contributed by atoms with Crippen molar-refractivity contribution in [2.75, 3.05) is 6.54 Å². The summed E-state index contributed by atoms with van der Waals surface area (Å²) in [7, 11) is 0. The molecule has 198 valence electrons. The maximum Gasteiger partial charge on any atom is 0.295 e. The lowest BCUT2D eigenvalue weighted by molar-refractivity contribution is -0.139. The van der Waals surface area contributed by atoms with Crippen LogP contribution < -0.4 is 4.74 Å². The largest absolute Gasteiger partial charge is 0.507 e. The number of carbonyl (C=O) groups is 2. The molecule has 1 fully saturated rings. The first-order valence-electron chi connectivity index (χ1n) is 12.7. The Hall–Kier alpha value is -4.17. The van der Waals surface area contributed by atoms with Crippen molar-refractivity contribution in [3.8, 4) is 5.75 Å². The Kier molecular flexibility index (Phi) is 7.93. The lowest BCUT2D eigenvalue weighted by atomic mass is 9.95. The van der Waals surface area contributed by atoms with E-state index in [0.29, 0.717) is 37.4 Å². The molecule has 2 heterocycles. The van der Waals surface area contributed by atoms with Crippen molar-refractivity contribution in [2.45, 2.75) is 32.5 Å². The number of Topliss-reactive ketones (excluding diaryl/α,β-unsaturated/α-hetero) is 1. The van der Waals surface area contributed by atoms with Crippen LogP contribution in [0.25, 0.3) is 5.76 Å². The fraction of sp³-hybridized carbons (Fsp3) is 0.194. The second kappa shape index (κ2) is 11.7. The van der Waals surface area contributed by atoms with Gasteiger partial charge in [-0.2, -0.15) is 0 Å². The fourth-order valence-corrected chi connectivity index (χ4v) is 5.19. The zero-order chi connectivity index (χ0) is 27.4. The number of benzene rings is 3. The smallest absolute Gasteiger partial charge is 0.295 e. The van der Waals surface area contributed by atoms with Crippen LogP contribution in [-0.2, 0) is 22.7 Å². The van der Waals surface area contributed by atoms with Crippen LogP contribution in [0.4, 0.5) is 0 Å². The van der Waals surface area contributed by atoms with Gasteiger partial charge in [0.15, 0.2) is 0 Å². The van der Waals surface area contributed by atoms with Gasteiger partial charge in [0.25, 0.3) is 11.7 Å². The number of aliphatic hydroxyl groups excluding tert-OH is 1. The molecule has 8 heteroatoms. The zero-order valence-electron chi connectivity index (χ0n) is 21.5. The van der Waals surface area contributed by atoms with E-state index in [1.54, 1.807) is 41.7 Å². The van der Waals surface area contributed by atoms with E-state index in [9.17, 15) is 14.7 Å². The summed E-state index contributed by atoms with van der Waals surface area (Å²) in [5.41, 5.74) is 3.50. The number of imidazole rings is 1. The molecule has 4 aromatic rings. The summed E-state index contributed by atoms with van der Waals surface area (Å²) in [4.78, 5) is 32.1. The van der Waals surface area contributed by atoms with E-state index in [-0.39, 0.29) is 11.3 Å². The zero-order valence-corrected chi connectivity index (χ0v) is 23.0. The number of rotatable bonds is 9. The number of aryl methyl sites for hydroxylation is 2.